The van der Waals surface area contributed by atoms with Crippen molar-refractivity contribution in [1.82, 2.24) is 0 Å². The van der Waals surface area contributed by atoms with Gasteiger partial charge in [-0.2, -0.15) is 0 Å². The maximum Gasteiger partial charge on any atom is 0.164 e. The van der Waals surface area contributed by atoms with E-state index in [4.69, 9.17) is 14.5 Å². The average Bonchev–Trinajstić information content (AvgIpc) is 2.97. The summed E-state index contributed by atoms with van der Waals surface area (Å²) < 4.78 is 11.3. The van der Waals surface area contributed by atoms with Crippen molar-refractivity contribution in [2.75, 3.05) is 13.7 Å². The molecule has 1 aromatic carbocycles. The van der Waals surface area contributed by atoms with Gasteiger partial charge in [0.1, 0.15) is 5.75 Å². The molecule has 1 aromatic rings. The van der Waals surface area contributed by atoms with Crippen molar-refractivity contribution in [1.29, 1.82) is 0 Å². The quantitative estimate of drug-likeness (QED) is 0.814. The molecule has 0 amide bonds. The fourth-order valence-electron chi connectivity index (χ4n) is 3.18. The van der Waals surface area contributed by atoms with E-state index in [1.165, 1.54) is 0 Å². The predicted molar refractivity (Wildman–Crippen MR) is 75.8 cm³/mol. The molecule has 3 nitrogen and oxygen atoms in total. The van der Waals surface area contributed by atoms with Crippen molar-refractivity contribution in [2.45, 2.75) is 38.8 Å². The number of benzene rings is 1. The van der Waals surface area contributed by atoms with E-state index < -0.39 is 0 Å². The second kappa shape index (κ2) is 4.34. The monoisotopic (exact) mass is 259 g/mol. The number of methoxy groups -OCH3 is 1. The van der Waals surface area contributed by atoms with Crippen LogP contribution >= 0.6 is 0 Å². The van der Waals surface area contributed by atoms with E-state index in [-0.39, 0.29) is 11.1 Å². The molecule has 3 heteroatoms. The van der Waals surface area contributed by atoms with Gasteiger partial charge in [0.2, 0.25) is 0 Å². The summed E-state index contributed by atoms with van der Waals surface area (Å²) in [6.07, 6.45) is 3.10. The topological polar surface area (TPSA) is 30.8 Å². The Labute approximate surface area is 114 Å². The first-order valence-corrected chi connectivity index (χ1v) is 6.93. The Balaban J connectivity index is 1.98. The van der Waals surface area contributed by atoms with Crippen LogP contribution in [0.1, 0.15) is 38.7 Å². The van der Waals surface area contributed by atoms with Gasteiger partial charge in [-0.25, -0.2) is 0 Å². The number of rotatable bonds is 2. The zero-order chi connectivity index (χ0) is 13.5. The third-order valence-corrected chi connectivity index (χ3v) is 4.39. The molecule has 19 heavy (non-hydrogen) atoms. The normalized spacial score (nSPS) is 28.7. The van der Waals surface area contributed by atoms with Gasteiger partial charge < -0.3 is 9.47 Å². The fraction of sp³-hybridized carbons (Fsp3) is 0.562. The number of hydrogen-bond acceptors (Lipinski definition) is 3. The van der Waals surface area contributed by atoms with Crippen molar-refractivity contribution >= 4 is 5.71 Å². The van der Waals surface area contributed by atoms with Gasteiger partial charge in [0, 0.05) is 17.7 Å². The van der Waals surface area contributed by atoms with Crippen LogP contribution in [0.2, 0.25) is 0 Å². The van der Waals surface area contributed by atoms with Gasteiger partial charge in [-0.05, 0) is 37.0 Å². The van der Waals surface area contributed by atoms with E-state index in [1.807, 2.05) is 12.1 Å². The average molecular weight is 259 g/mol. The highest BCUT2D eigenvalue weighted by molar-refractivity contribution is 6.02. The minimum Gasteiger partial charge on any atom is -0.497 e. The molecule has 0 bridgehead atoms. The first kappa shape index (κ1) is 12.7. The molecule has 3 rings (SSSR count). The Morgan fingerprint density at radius 3 is 2.84 bits per heavy atom. The molecule has 1 spiro atoms. The van der Waals surface area contributed by atoms with Gasteiger partial charge >= 0.3 is 0 Å². The molecule has 1 unspecified atom stereocenters. The molecule has 0 N–H and O–H groups in total. The van der Waals surface area contributed by atoms with Crippen molar-refractivity contribution < 1.29 is 9.47 Å². The van der Waals surface area contributed by atoms with E-state index in [9.17, 15) is 0 Å². The van der Waals surface area contributed by atoms with Crippen molar-refractivity contribution in [3.63, 3.8) is 0 Å². The lowest BCUT2D eigenvalue weighted by Crippen LogP contribution is -2.38. The predicted octanol–water partition coefficient (Wildman–Crippen LogP) is 3.42. The third-order valence-electron chi connectivity index (χ3n) is 4.39. The molecular weight excluding hydrogens is 238 g/mol. The Hall–Kier alpha value is -1.35. The van der Waals surface area contributed by atoms with Crippen LogP contribution in [0.3, 0.4) is 0 Å². The van der Waals surface area contributed by atoms with Crippen molar-refractivity contribution in [2.24, 2.45) is 10.4 Å². The summed E-state index contributed by atoms with van der Waals surface area (Å²) in [6, 6.07) is 8.14. The summed E-state index contributed by atoms with van der Waals surface area (Å²) in [5.74, 6) is 0.881. The molecule has 2 heterocycles. The minimum absolute atomic E-state index is 0.0713. The first-order chi connectivity index (χ1) is 9.06. The van der Waals surface area contributed by atoms with Gasteiger partial charge in [-0.15, -0.1) is 0 Å². The molecular formula is C16H21NO2. The van der Waals surface area contributed by atoms with Crippen molar-refractivity contribution in [3.05, 3.63) is 29.8 Å². The van der Waals surface area contributed by atoms with E-state index in [0.717, 1.165) is 42.9 Å². The number of ether oxygens (including phenoxy) is 2. The SMILES string of the molecule is COc1cccc(C2=NC3(CCCO3)C(C)(C)C2)c1. The molecule has 1 fully saturated rings. The largest absolute Gasteiger partial charge is 0.497 e. The molecule has 1 saturated heterocycles. The zero-order valence-electron chi connectivity index (χ0n) is 11.9. The smallest absolute Gasteiger partial charge is 0.164 e. The molecule has 2 aliphatic rings. The highest BCUT2D eigenvalue weighted by Gasteiger charge is 2.53. The highest BCUT2D eigenvalue weighted by atomic mass is 16.5. The van der Waals surface area contributed by atoms with Crippen LogP contribution in [-0.2, 0) is 4.74 Å². The summed E-state index contributed by atoms with van der Waals surface area (Å²) in [5, 5.41) is 0. The second-order valence-electron chi connectivity index (χ2n) is 6.09. The van der Waals surface area contributed by atoms with Gasteiger partial charge in [0.25, 0.3) is 0 Å². The molecule has 2 aliphatic heterocycles. The van der Waals surface area contributed by atoms with Gasteiger partial charge in [0.05, 0.1) is 7.11 Å². The lowest BCUT2D eigenvalue weighted by molar-refractivity contribution is -0.0654. The lowest BCUT2D eigenvalue weighted by Gasteiger charge is -2.34. The number of hydrogen-bond donors (Lipinski definition) is 0. The summed E-state index contributed by atoms with van der Waals surface area (Å²) in [7, 11) is 1.70. The summed E-state index contributed by atoms with van der Waals surface area (Å²) >= 11 is 0. The van der Waals surface area contributed by atoms with Crippen LogP contribution in [-0.4, -0.2) is 25.2 Å². The fourth-order valence-corrected chi connectivity index (χ4v) is 3.18. The molecule has 0 aromatic heterocycles. The molecule has 0 aliphatic carbocycles. The van der Waals surface area contributed by atoms with Crippen LogP contribution in [0.15, 0.2) is 29.3 Å². The standard InChI is InChI=1S/C16H21NO2/c1-15(2)11-14(17-16(15)8-5-9-19-16)12-6-4-7-13(10-12)18-3/h4,6-7,10H,5,8-9,11H2,1-3H3. The first-order valence-electron chi connectivity index (χ1n) is 6.93. The van der Waals surface area contributed by atoms with Gasteiger partial charge in [-0.1, -0.05) is 26.0 Å². The van der Waals surface area contributed by atoms with E-state index >= 15 is 0 Å². The highest BCUT2D eigenvalue weighted by Crippen LogP contribution is 2.50. The summed E-state index contributed by atoms with van der Waals surface area (Å²) in [6.45, 7) is 5.35. The summed E-state index contributed by atoms with van der Waals surface area (Å²) in [4.78, 5) is 4.96. The van der Waals surface area contributed by atoms with E-state index in [1.54, 1.807) is 7.11 Å². The summed E-state index contributed by atoms with van der Waals surface area (Å²) in [5.41, 5.74) is 2.07. The Morgan fingerprint density at radius 2 is 2.16 bits per heavy atom. The number of nitrogens with zero attached hydrogens (tertiary/aromatic N) is 1. The van der Waals surface area contributed by atoms with Gasteiger partial charge in [0.15, 0.2) is 5.72 Å². The van der Waals surface area contributed by atoms with Crippen LogP contribution in [0.25, 0.3) is 0 Å². The Kier molecular flexibility index (Phi) is 2.90. The van der Waals surface area contributed by atoms with E-state index in [2.05, 4.69) is 26.0 Å². The van der Waals surface area contributed by atoms with Crippen molar-refractivity contribution in [3.8, 4) is 5.75 Å². The van der Waals surface area contributed by atoms with Crippen LogP contribution in [0.5, 0.6) is 5.75 Å². The molecule has 0 saturated carbocycles. The molecule has 0 radical (unpaired) electrons. The lowest BCUT2D eigenvalue weighted by atomic mass is 9.78. The van der Waals surface area contributed by atoms with Crippen LogP contribution in [0.4, 0.5) is 0 Å². The Bertz CT molecular complexity index is 513. The van der Waals surface area contributed by atoms with E-state index in [0.29, 0.717) is 0 Å². The van der Waals surface area contributed by atoms with Crippen LogP contribution in [0, 0.1) is 5.41 Å². The molecule has 1 atom stereocenters. The Morgan fingerprint density at radius 1 is 1.32 bits per heavy atom. The zero-order valence-corrected chi connectivity index (χ0v) is 11.9. The second-order valence-corrected chi connectivity index (χ2v) is 6.09. The maximum absolute atomic E-state index is 6.01. The third kappa shape index (κ3) is 1.96. The van der Waals surface area contributed by atoms with Crippen LogP contribution < -0.4 is 4.74 Å². The maximum atomic E-state index is 6.01. The molecule has 102 valence electrons. The number of aliphatic imine (C=N–C) groups is 1. The van der Waals surface area contributed by atoms with Gasteiger partial charge in [-0.3, -0.25) is 4.99 Å². The minimum atomic E-state index is -0.300.